The summed E-state index contributed by atoms with van der Waals surface area (Å²) in [5.74, 6) is 0.619. The monoisotopic (exact) mass is 285 g/mol. The van der Waals surface area contributed by atoms with E-state index in [0.29, 0.717) is 12.0 Å². The van der Waals surface area contributed by atoms with Crippen LogP contribution < -0.4 is 0 Å². The van der Waals surface area contributed by atoms with Gasteiger partial charge >= 0.3 is 0 Å². The van der Waals surface area contributed by atoms with Crippen LogP contribution in [0.5, 0.6) is 0 Å². The molecule has 0 amide bonds. The van der Waals surface area contributed by atoms with Crippen LogP contribution in [-0.2, 0) is 0 Å². The molecule has 1 saturated heterocycles. The molecule has 116 valence electrons. The van der Waals surface area contributed by atoms with E-state index in [9.17, 15) is 0 Å². The molecule has 1 nitrogen and oxygen atoms in total. The summed E-state index contributed by atoms with van der Waals surface area (Å²) in [4.78, 5) is 2.70. The van der Waals surface area contributed by atoms with Gasteiger partial charge in [0.15, 0.2) is 0 Å². The molecule has 0 aromatic heterocycles. The number of likely N-dealkylation sites (tertiary alicyclic amines) is 1. The molecule has 1 heterocycles. The zero-order valence-electron chi connectivity index (χ0n) is 14.2. The second-order valence-electron chi connectivity index (χ2n) is 6.96. The van der Waals surface area contributed by atoms with E-state index in [4.69, 9.17) is 0 Å². The van der Waals surface area contributed by atoms with E-state index in [-0.39, 0.29) is 0 Å². The van der Waals surface area contributed by atoms with Crippen LogP contribution in [0.3, 0.4) is 0 Å². The van der Waals surface area contributed by atoms with Gasteiger partial charge in [-0.25, -0.2) is 0 Å². The average molecular weight is 285 g/mol. The van der Waals surface area contributed by atoms with Gasteiger partial charge in [-0.1, -0.05) is 54.8 Å². The Morgan fingerprint density at radius 1 is 1.10 bits per heavy atom. The molecule has 0 bridgehead atoms. The van der Waals surface area contributed by atoms with Crippen LogP contribution in [0.1, 0.15) is 63.5 Å². The first-order chi connectivity index (χ1) is 10.1. The summed E-state index contributed by atoms with van der Waals surface area (Å²) in [5.41, 5.74) is 4.27. The maximum atomic E-state index is 2.70. The van der Waals surface area contributed by atoms with Crippen molar-refractivity contribution in [2.75, 3.05) is 13.1 Å². The lowest BCUT2D eigenvalue weighted by atomic mass is 9.91. The van der Waals surface area contributed by atoms with Crippen LogP contribution in [0.2, 0.25) is 0 Å². The number of piperidine rings is 1. The minimum atomic E-state index is 0.603. The highest BCUT2D eigenvalue weighted by molar-refractivity contribution is 5.24. The Morgan fingerprint density at radius 2 is 1.71 bits per heavy atom. The Hall–Kier alpha value is -1.08. The van der Waals surface area contributed by atoms with E-state index in [0.717, 1.165) is 0 Å². The molecule has 21 heavy (non-hydrogen) atoms. The Kier molecular flexibility index (Phi) is 6.05. The number of hydrogen-bond donors (Lipinski definition) is 0. The molecule has 1 fully saturated rings. The van der Waals surface area contributed by atoms with E-state index in [1.165, 1.54) is 55.5 Å². The summed E-state index contributed by atoms with van der Waals surface area (Å²) in [6, 6.07) is 9.68. The number of allylic oxidation sites excluding steroid dienone is 1. The standard InChI is InChI=1S/C20H31N/c1-16(2)14-20(21-12-6-5-7-13-21)15-18(4)19-10-8-17(3)9-11-19/h8-11,14,18,20H,5-7,12-13,15H2,1-4H3/t18-,20?/m0/s1. The second kappa shape index (κ2) is 7.79. The molecule has 1 heteroatoms. The molecule has 0 saturated carbocycles. The normalized spacial score (nSPS) is 19.0. The maximum Gasteiger partial charge on any atom is 0.0286 e. The van der Waals surface area contributed by atoms with Gasteiger partial charge in [0.1, 0.15) is 0 Å². The lowest BCUT2D eigenvalue weighted by Crippen LogP contribution is -2.39. The Labute approximate surface area is 131 Å². The lowest BCUT2D eigenvalue weighted by Gasteiger charge is -2.34. The van der Waals surface area contributed by atoms with Crippen LogP contribution in [-0.4, -0.2) is 24.0 Å². The van der Waals surface area contributed by atoms with Gasteiger partial charge in [-0.05, 0) is 64.6 Å². The predicted molar refractivity (Wildman–Crippen MR) is 92.9 cm³/mol. The fourth-order valence-corrected chi connectivity index (χ4v) is 3.35. The maximum absolute atomic E-state index is 2.70. The minimum absolute atomic E-state index is 0.603. The molecule has 2 rings (SSSR count). The SMILES string of the molecule is CC(C)=CC(C[C@H](C)c1ccc(C)cc1)N1CCCCC1. The molecular weight excluding hydrogens is 254 g/mol. The van der Waals surface area contributed by atoms with Crippen LogP contribution in [0.4, 0.5) is 0 Å². The smallest absolute Gasteiger partial charge is 0.0286 e. The van der Waals surface area contributed by atoms with Crippen molar-refractivity contribution >= 4 is 0 Å². The van der Waals surface area contributed by atoms with Crippen molar-refractivity contribution < 1.29 is 0 Å². The van der Waals surface area contributed by atoms with Gasteiger partial charge in [0.25, 0.3) is 0 Å². The molecular formula is C20H31N. The van der Waals surface area contributed by atoms with Crippen molar-refractivity contribution in [3.05, 3.63) is 47.0 Å². The molecule has 0 aliphatic carbocycles. The lowest BCUT2D eigenvalue weighted by molar-refractivity contribution is 0.178. The molecule has 0 spiro atoms. The average Bonchev–Trinajstić information content (AvgIpc) is 2.47. The predicted octanol–water partition coefficient (Wildman–Crippen LogP) is 5.31. The molecule has 1 aliphatic rings. The van der Waals surface area contributed by atoms with Crippen LogP contribution >= 0.6 is 0 Å². The van der Waals surface area contributed by atoms with Crippen molar-refractivity contribution in [3.63, 3.8) is 0 Å². The fraction of sp³-hybridized carbons (Fsp3) is 0.600. The first kappa shape index (κ1) is 16.3. The van der Waals surface area contributed by atoms with E-state index < -0.39 is 0 Å². The van der Waals surface area contributed by atoms with Crippen LogP contribution in [0, 0.1) is 6.92 Å². The van der Waals surface area contributed by atoms with Gasteiger partial charge in [0.2, 0.25) is 0 Å². The van der Waals surface area contributed by atoms with Crippen molar-refractivity contribution in [3.8, 4) is 0 Å². The summed E-state index contributed by atoms with van der Waals surface area (Å²) in [6.45, 7) is 11.5. The van der Waals surface area contributed by atoms with Crippen molar-refractivity contribution in [2.24, 2.45) is 0 Å². The third-order valence-electron chi connectivity index (χ3n) is 4.63. The molecule has 0 N–H and O–H groups in total. The third kappa shape index (κ3) is 5.00. The molecule has 0 radical (unpaired) electrons. The molecule has 1 aliphatic heterocycles. The van der Waals surface area contributed by atoms with Gasteiger partial charge in [-0.3, -0.25) is 4.90 Å². The summed E-state index contributed by atoms with van der Waals surface area (Å²) in [7, 11) is 0. The van der Waals surface area contributed by atoms with E-state index in [2.05, 4.69) is 62.9 Å². The fourth-order valence-electron chi connectivity index (χ4n) is 3.35. The van der Waals surface area contributed by atoms with Gasteiger partial charge in [0, 0.05) is 6.04 Å². The molecule has 1 aromatic carbocycles. The highest BCUT2D eigenvalue weighted by Crippen LogP contribution is 2.26. The Bertz CT molecular complexity index is 447. The highest BCUT2D eigenvalue weighted by Gasteiger charge is 2.21. The van der Waals surface area contributed by atoms with Crippen LogP contribution in [0.15, 0.2) is 35.9 Å². The number of nitrogens with zero attached hydrogens (tertiary/aromatic N) is 1. The summed E-state index contributed by atoms with van der Waals surface area (Å²) in [6.07, 6.45) is 7.85. The first-order valence-electron chi connectivity index (χ1n) is 8.52. The summed E-state index contributed by atoms with van der Waals surface area (Å²) in [5, 5.41) is 0. The Morgan fingerprint density at radius 3 is 2.29 bits per heavy atom. The zero-order chi connectivity index (χ0) is 15.2. The summed E-state index contributed by atoms with van der Waals surface area (Å²) >= 11 is 0. The van der Waals surface area contributed by atoms with E-state index >= 15 is 0 Å². The van der Waals surface area contributed by atoms with Gasteiger partial charge in [-0.2, -0.15) is 0 Å². The number of rotatable bonds is 5. The van der Waals surface area contributed by atoms with Gasteiger partial charge < -0.3 is 0 Å². The van der Waals surface area contributed by atoms with Crippen LogP contribution in [0.25, 0.3) is 0 Å². The second-order valence-corrected chi connectivity index (χ2v) is 6.96. The third-order valence-corrected chi connectivity index (χ3v) is 4.63. The largest absolute Gasteiger partial charge is 0.297 e. The molecule has 2 atom stereocenters. The van der Waals surface area contributed by atoms with Crippen molar-refractivity contribution in [1.29, 1.82) is 0 Å². The quantitative estimate of drug-likeness (QED) is 0.663. The van der Waals surface area contributed by atoms with Gasteiger partial charge in [-0.15, -0.1) is 0 Å². The summed E-state index contributed by atoms with van der Waals surface area (Å²) < 4.78 is 0. The van der Waals surface area contributed by atoms with Crippen molar-refractivity contribution in [1.82, 2.24) is 4.90 Å². The number of aryl methyl sites for hydroxylation is 1. The highest BCUT2D eigenvalue weighted by atomic mass is 15.2. The van der Waals surface area contributed by atoms with E-state index in [1.807, 2.05) is 0 Å². The minimum Gasteiger partial charge on any atom is -0.297 e. The molecule has 1 aromatic rings. The molecule has 1 unspecified atom stereocenters. The Balaban J connectivity index is 2.06. The number of benzene rings is 1. The topological polar surface area (TPSA) is 3.24 Å². The zero-order valence-corrected chi connectivity index (χ0v) is 14.2. The van der Waals surface area contributed by atoms with Crippen molar-refractivity contribution in [2.45, 2.75) is 65.3 Å². The first-order valence-corrected chi connectivity index (χ1v) is 8.52. The van der Waals surface area contributed by atoms with E-state index in [1.54, 1.807) is 0 Å². The number of hydrogen-bond acceptors (Lipinski definition) is 1. The van der Waals surface area contributed by atoms with Gasteiger partial charge in [0.05, 0.1) is 0 Å².